The molecular formula is C23H45BrO2. The Hall–Kier alpha value is -0.0500. The van der Waals surface area contributed by atoms with E-state index in [1.807, 2.05) is 0 Å². The molecule has 0 aromatic rings. The van der Waals surface area contributed by atoms with Gasteiger partial charge in [-0.05, 0) is 24.7 Å². The molecule has 0 aliphatic rings. The first-order valence-corrected chi connectivity index (χ1v) is 12.6. The Morgan fingerprint density at radius 3 is 1.58 bits per heavy atom. The van der Waals surface area contributed by atoms with Crippen LogP contribution >= 0.6 is 15.9 Å². The minimum absolute atomic E-state index is 0.383. The number of rotatable bonds is 20. The maximum Gasteiger partial charge on any atom is 0.303 e. The molecule has 2 nitrogen and oxygen atoms in total. The fourth-order valence-electron chi connectivity index (χ4n) is 4.04. The van der Waals surface area contributed by atoms with Crippen LogP contribution in [0, 0.1) is 11.8 Å². The van der Waals surface area contributed by atoms with Crippen molar-refractivity contribution >= 4 is 21.9 Å². The summed E-state index contributed by atoms with van der Waals surface area (Å²) in [7, 11) is 0. The fourth-order valence-corrected chi connectivity index (χ4v) is 4.44. The second-order valence-corrected chi connectivity index (χ2v) is 8.86. The van der Waals surface area contributed by atoms with Crippen molar-refractivity contribution in [3.63, 3.8) is 0 Å². The monoisotopic (exact) mass is 432 g/mol. The Kier molecular flexibility index (Phi) is 19.7. The van der Waals surface area contributed by atoms with Crippen LogP contribution in [0.3, 0.4) is 0 Å². The first-order chi connectivity index (χ1) is 12.7. The number of hydrogen-bond acceptors (Lipinski definition) is 1. The SMILES string of the molecule is CCCCCCCC(CC(=O)O)C(CCCCCC)CCCCCCBr. The van der Waals surface area contributed by atoms with Gasteiger partial charge in [-0.3, -0.25) is 4.79 Å². The van der Waals surface area contributed by atoms with Gasteiger partial charge in [0.25, 0.3) is 0 Å². The van der Waals surface area contributed by atoms with Gasteiger partial charge < -0.3 is 5.11 Å². The maximum absolute atomic E-state index is 11.4. The van der Waals surface area contributed by atoms with Crippen molar-refractivity contribution in [3.05, 3.63) is 0 Å². The van der Waals surface area contributed by atoms with Crippen LogP contribution in [0.25, 0.3) is 0 Å². The van der Waals surface area contributed by atoms with Gasteiger partial charge in [0.2, 0.25) is 0 Å². The Bertz CT molecular complexity index is 307. The van der Waals surface area contributed by atoms with Crippen molar-refractivity contribution in [2.45, 2.75) is 123 Å². The van der Waals surface area contributed by atoms with E-state index in [9.17, 15) is 9.90 Å². The number of carboxylic acid groups (broad SMARTS) is 1. The highest BCUT2D eigenvalue weighted by molar-refractivity contribution is 9.09. The van der Waals surface area contributed by atoms with Gasteiger partial charge in [0, 0.05) is 11.8 Å². The van der Waals surface area contributed by atoms with Crippen LogP contribution < -0.4 is 0 Å². The van der Waals surface area contributed by atoms with Gasteiger partial charge in [0.15, 0.2) is 0 Å². The van der Waals surface area contributed by atoms with E-state index in [2.05, 4.69) is 29.8 Å². The number of alkyl halides is 1. The molecule has 0 aromatic heterocycles. The minimum Gasteiger partial charge on any atom is -0.481 e. The Balaban J connectivity index is 4.50. The summed E-state index contributed by atoms with van der Waals surface area (Å²) >= 11 is 3.51. The molecule has 3 heteroatoms. The van der Waals surface area contributed by atoms with Crippen molar-refractivity contribution in [2.75, 3.05) is 5.33 Å². The van der Waals surface area contributed by atoms with Crippen LogP contribution in [0.1, 0.15) is 123 Å². The van der Waals surface area contributed by atoms with Crippen molar-refractivity contribution < 1.29 is 9.90 Å². The van der Waals surface area contributed by atoms with E-state index in [1.54, 1.807) is 0 Å². The van der Waals surface area contributed by atoms with Gasteiger partial charge in [-0.1, -0.05) is 120 Å². The molecule has 0 radical (unpaired) electrons. The summed E-state index contributed by atoms with van der Waals surface area (Å²) < 4.78 is 0. The van der Waals surface area contributed by atoms with Gasteiger partial charge in [-0.2, -0.15) is 0 Å². The highest BCUT2D eigenvalue weighted by Crippen LogP contribution is 2.32. The summed E-state index contributed by atoms with van der Waals surface area (Å²) in [6.07, 6.45) is 20.7. The molecule has 0 amide bonds. The molecule has 2 unspecified atom stereocenters. The molecule has 2 atom stereocenters. The lowest BCUT2D eigenvalue weighted by molar-refractivity contribution is -0.138. The van der Waals surface area contributed by atoms with Crippen LogP contribution in [0.15, 0.2) is 0 Å². The van der Waals surface area contributed by atoms with Gasteiger partial charge in [0.05, 0.1) is 0 Å². The normalized spacial score (nSPS) is 13.7. The number of halogens is 1. The second-order valence-electron chi connectivity index (χ2n) is 8.06. The fraction of sp³-hybridized carbons (Fsp3) is 0.957. The third-order valence-electron chi connectivity index (χ3n) is 5.67. The standard InChI is InChI=1S/C23H45BrO2/c1-3-5-7-9-14-18-22(20-23(25)26)21(16-12-8-6-4-2)17-13-10-11-15-19-24/h21-22H,3-20H2,1-2H3,(H,25,26). The molecule has 156 valence electrons. The minimum atomic E-state index is -0.596. The molecular weight excluding hydrogens is 388 g/mol. The van der Waals surface area contributed by atoms with Crippen molar-refractivity contribution in [2.24, 2.45) is 11.8 Å². The molecule has 1 N–H and O–H groups in total. The first kappa shape index (κ1) is 26.0. The Morgan fingerprint density at radius 1 is 0.692 bits per heavy atom. The van der Waals surface area contributed by atoms with E-state index in [-0.39, 0.29) is 0 Å². The van der Waals surface area contributed by atoms with Crippen molar-refractivity contribution in [3.8, 4) is 0 Å². The summed E-state index contributed by atoms with van der Waals surface area (Å²) in [6, 6.07) is 0. The number of carboxylic acids is 1. The van der Waals surface area contributed by atoms with E-state index >= 15 is 0 Å². The van der Waals surface area contributed by atoms with Gasteiger partial charge in [-0.15, -0.1) is 0 Å². The summed E-state index contributed by atoms with van der Waals surface area (Å²) in [5.41, 5.74) is 0. The van der Waals surface area contributed by atoms with Crippen LogP contribution in [0.2, 0.25) is 0 Å². The molecule has 0 aromatic carbocycles. The van der Waals surface area contributed by atoms with E-state index in [4.69, 9.17) is 0 Å². The molecule has 0 heterocycles. The topological polar surface area (TPSA) is 37.3 Å². The summed E-state index contributed by atoms with van der Waals surface area (Å²) in [5, 5.41) is 10.5. The quantitative estimate of drug-likeness (QED) is 0.155. The second kappa shape index (κ2) is 19.7. The van der Waals surface area contributed by atoms with Crippen LogP contribution in [0.5, 0.6) is 0 Å². The number of aliphatic carboxylic acids is 1. The van der Waals surface area contributed by atoms with Gasteiger partial charge in [0.1, 0.15) is 0 Å². The summed E-state index contributed by atoms with van der Waals surface area (Å²) in [5.74, 6) is 0.423. The number of hydrogen-bond donors (Lipinski definition) is 1. The number of carbonyl (C=O) groups is 1. The third kappa shape index (κ3) is 16.1. The van der Waals surface area contributed by atoms with Crippen molar-refractivity contribution in [1.82, 2.24) is 0 Å². The molecule has 0 spiro atoms. The highest BCUT2D eigenvalue weighted by Gasteiger charge is 2.23. The smallest absolute Gasteiger partial charge is 0.303 e. The average molecular weight is 434 g/mol. The molecule has 0 rings (SSSR count). The summed E-state index contributed by atoms with van der Waals surface area (Å²) in [4.78, 5) is 11.4. The molecule has 0 fully saturated rings. The summed E-state index contributed by atoms with van der Waals surface area (Å²) in [6.45, 7) is 4.50. The zero-order valence-corrected chi connectivity index (χ0v) is 19.2. The van der Waals surface area contributed by atoms with Crippen LogP contribution in [-0.4, -0.2) is 16.4 Å². The van der Waals surface area contributed by atoms with E-state index in [0.29, 0.717) is 18.3 Å². The first-order valence-electron chi connectivity index (χ1n) is 11.4. The van der Waals surface area contributed by atoms with Gasteiger partial charge >= 0.3 is 5.97 Å². The molecule has 0 aliphatic heterocycles. The zero-order valence-electron chi connectivity index (χ0n) is 17.6. The predicted octanol–water partition coefficient (Wildman–Crippen LogP) is 8.37. The van der Waals surface area contributed by atoms with E-state index in [1.165, 1.54) is 96.3 Å². The lowest BCUT2D eigenvalue weighted by atomic mass is 9.79. The van der Waals surface area contributed by atoms with Crippen molar-refractivity contribution in [1.29, 1.82) is 0 Å². The number of unbranched alkanes of at least 4 members (excludes halogenated alkanes) is 10. The largest absolute Gasteiger partial charge is 0.481 e. The molecule has 26 heavy (non-hydrogen) atoms. The highest BCUT2D eigenvalue weighted by atomic mass is 79.9. The van der Waals surface area contributed by atoms with E-state index in [0.717, 1.165) is 11.8 Å². The van der Waals surface area contributed by atoms with Crippen LogP contribution in [0.4, 0.5) is 0 Å². The van der Waals surface area contributed by atoms with Gasteiger partial charge in [-0.25, -0.2) is 0 Å². The molecule has 0 aliphatic carbocycles. The third-order valence-corrected chi connectivity index (χ3v) is 6.23. The molecule has 0 bridgehead atoms. The lowest BCUT2D eigenvalue weighted by Crippen LogP contribution is -2.19. The Labute approximate surface area is 172 Å². The molecule has 0 saturated heterocycles. The lowest BCUT2D eigenvalue weighted by Gasteiger charge is -2.26. The maximum atomic E-state index is 11.4. The zero-order chi connectivity index (χ0) is 19.5. The predicted molar refractivity (Wildman–Crippen MR) is 118 cm³/mol. The Morgan fingerprint density at radius 2 is 1.12 bits per heavy atom. The average Bonchev–Trinajstić information content (AvgIpc) is 2.62. The van der Waals surface area contributed by atoms with E-state index < -0.39 is 5.97 Å². The van der Waals surface area contributed by atoms with Crippen LogP contribution in [-0.2, 0) is 4.79 Å². The molecule has 0 saturated carbocycles.